The number of nitrogens with one attached hydrogen (secondary N) is 2. The molecule has 0 saturated heterocycles. The van der Waals surface area contributed by atoms with Crippen LogP contribution in [0.2, 0.25) is 5.02 Å². The molecule has 2 aromatic carbocycles. The number of halogens is 1. The summed E-state index contributed by atoms with van der Waals surface area (Å²) >= 11 is 5.82. The summed E-state index contributed by atoms with van der Waals surface area (Å²) in [5, 5.41) is 6.20. The molecule has 4 nitrogen and oxygen atoms in total. The van der Waals surface area contributed by atoms with Gasteiger partial charge >= 0.3 is 0 Å². The van der Waals surface area contributed by atoms with Gasteiger partial charge in [-0.05, 0) is 42.3 Å². The first kappa shape index (κ1) is 16.0. The van der Waals surface area contributed by atoms with E-state index in [0.29, 0.717) is 16.4 Å². The molecular weight excluding hydrogens is 300 g/mol. The fourth-order valence-electron chi connectivity index (χ4n) is 2.02. The number of rotatable bonds is 4. The molecule has 0 unspecified atom stereocenters. The molecule has 0 aliphatic rings. The molecule has 0 radical (unpaired) electrons. The van der Waals surface area contributed by atoms with Crippen LogP contribution in [0.3, 0.4) is 0 Å². The van der Waals surface area contributed by atoms with Gasteiger partial charge in [0.1, 0.15) is 0 Å². The summed E-state index contributed by atoms with van der Waals surface area (Å²) < 4.78 is 0. The van der Waals surface area contributed by atoms with Crippen LogP contribution in [-0.2, 0) is 16.0 Å². The molecule has 2 amide bonds. The highest BCUT2D eigenvalue weighted by Gasteiger charge is 2.07. The lowest BCUT2D eigenvalue weighted by Gasteiger charge is -2.10. The van der Waals surface area contributed by atoms with Gasteiger partial charge in [0.2, 0.25) is 11.8 Å². The number of carbonyl (C=O) groups excluding carboxylic acids is 2. The summed E-state index contributed by atoms with van der Waals surface area (Å²) in [4.78, 5) is 23.2. The zero-order valence-corrected chi connectivity index (χ0v) is 13.2. The molecular formula is C17H17ClN2O2. The molecule has 2 rings (SSSR count). The SMILES string of the molecule is CC(=O)Nc1cc(NC(=O)Cc2ccc(Cl)cc2)ccc1C. The second-order valence-corrected chi connectivity index (χ2v) is 5.50. The van der Waals surface area contributed by atoms with Crippen LogP contribution in [0, 0.1) is 6.92 Å². The van der Waals surface area contributed by atoms with Gasteiger partial charge in [0.15, 0.2) is 0 Å². The molecule has 0 spiro atoms. The van der Waals surface area contributed by atoms with Crippen molar-refractivity contribution in [1.29, 1.82) is 0 Å². The van der Waals surface area contributed by atoms with Gasteiger partial charge in [-0.25, -0.2) is 0 Å². The smallest absolute Gasteiger partial charge is 0.228 e. The molecule has 0 saturated carbocycles. The zero-order chi connectivity index (χ0) is 16.1. The largest absolute Gasteiger partial charge is 0.326 e. The van der Waals surface area contributed by atoms with E-state index in [4.69, 9.17) is 11.6 Å². The van der Waals surface area contributed by atoms with Gasteiger partial charge in [0, 0.05) is 23.3 Å². The maximum absolute atomic E-state index is 12.1. The fourth-order valence-corrected chi connectivity index (χ4v) is 2.14. The topological polar surface area (TPSA) is 58.2 Å². The molecule has 0 aliphatic heterocycles. The number of hydrogen-bond acceptors (Lipinski definition) is 2. The van der Waals surface area contributed by atoms with Crippen LogP contribution in [0.1, 0.15) is 18.1 Å². The number of aryl methyl sites for hydroxylation is 1. The number of benzene rings is 2. The third-order valence-corrected chi connectivity index (χ3v) is 3.36. The summed E-state index contributed by atoms with van der Waals surface area (Å²) in [7, 11) is 0. The van der Waals surface area contributed by atoms with Gasteiger partial charge in [-0.3, -0.25) is 9.59 Å². The highest BCUT2D eigenvalue weighted by atomic mass is 35.5. The van der Waals surface area contributed by atoms with E-state index in [-0.39, 0.29) is 18.2 Å². The van der Waals surface area contributed by atoms with Crippen LogP contribution in [0.5, 0.6) is 0 Å². The molecule has 0 aromatic heterocycles. The van der Waals surface area contributed by atoms with Crippen molar-refractivity contribution < 1.29 is 9.59 Å². The van der Waals surface area contributed by atoms with E-state index in [1.54, 1.807) is 24.3 Å². The average molecular weight is 317 g/mol. The Hall–Kier alpha value is -2.33. The maximum Gasteiger partial charge on any atom is 0.228 e. The zero-order valence-electron chi connectivity index (χ0n) is 12.4. The second kappa shape index (κ2) is 7.09. The van der Waals surface area contributed by atoms with E-state index >= 15 is 0 Å². The standard InChI is InChI=1S/C17H17ClN2O2/c1-11-3-8-15(10-16(11)19-12(2)21)20-17(22)9-13-4-6-14(18)7-5-13/h3-8,10H,9H2,1-2H3,(H,19,21)(H,20,22). The molecule has 0 atom stereocenters. The minimum atomic E-state index is -0.146. The van der Waals surface area contributed by atoms with E-state index in [1.807, 2.05) is 25.1 Å². The summed E-state index contributed by atoms with van der Waals surface area (Å²) in [6.07, 6.45) is 0.264. The monoisotopic (exact) mass is 316 g/mol. The highest BCUT2D eigenvalue weighted by molar-refractivity contribution is 6.30. The van der Waals surface area contributed by atoms with E-state index in [2.05, 4.69) is 10.6 Å². The Morgan fingerprint density at radius 2 is 1.73 bits per heavy atom. The van der Waals surface area contributed by atoms with Crippen LogP contribution in [0.25, 0.3) is 0 Å². The van der Waals surface area contributed by atoms with Crippen molar-refractivity contribution in [2.45, 2.75) is 20.3 Å². The lowest BCUT2D eigenvalue weighted by Crippen LogP contribution is -2.15. The maximum atomic E-state index is 12.1. The van der Waals surface area contributed by atoms with Gasteiger partial charge in [0.25, 0.3) is 0 Å². The Balaban J connectivity index is 2.05. The minimum Gasteiger partial charge on any atom is -0.326 e. The average Bonchev–Trinajstić information content (AvgIpc) is 2.44. The predicted octanol–water partition coefficient (Wildman–Crippen LogP) is 3.79. The van der Waals surface area contributed by atoms with E-state index in [9.17, 15) is 9.59 Å². The molecule has 2 aromatic rings. The Kier molecular flexibility index (Phi) is 5.17. The van der Waals surface area contributed by atoms with E-state index < -0.39 is 0 Å². The number of anilines is 2. The molecule has 114 valence electrons. The Morgan fingerprint density at radius 1 is 1.05 bits per heavy atom. The predicted molar refractivity (Wildman–Crippen MR) is 89.3 cm³/mol. The molecule has 2 N–H and O–H groups in total. The first-order valence-corrected chi connectivity index (χ1v) is 7.24. The Morgan fingerprint density at radius 3 is 2.36 bits per heavy atom. The number of hydrogen-bond donors (Lipinski definition) is 2. The molecule has 0 aliphatic carbocycles. The number of carbonyl (C=O) groups is 2. The summed E-state index contributed by atoms with van der Waals surface area (Å²) in [5.74, 6) is -0.271. The van der Waals surface area contributed by atoms with Gasteiger partial charge in [-0.2, -0.15) is 0 Å². The normalized spacial score (nSPS) is 10.1. The second-order valence-electron chi connectivity index (χ2n) is 5.06. The third kappa shape index (κ3) is 4.60. The molecule has 22 heavy (non-hydrogen) atoms. The third-order valence-electron chi connectivity index (χ3n) is 3.11. The van der Waals surface area contributed by atoms with Crippen molar-refractivity contribution in [2.75, 3.05) is 10.6 Å². The highest BCUT2D eigenvalue weighted by Crippen LogP contribution is 2.20. The van der Waals surface area contributed by atoms with Crippen LogP contribution in [0.4, 0.5) is 11.4 Å². The first-order chi connectivity index (χ1) is 10.4. The fraction of sp³-hybridized carbons (Fsp3) is 0.176. The Labute approximate surface area is 134 Å². The summed E-state index contributed by atoms with van der Waals surface area (Å²) in [5.41, 5.74) is 3.16. The molecule has 0 bridgehead atoms. The van der Waals surface area contributed by atoms with Crippen molar-refractivity contribution in [3.8, 4) is 0 Å². The van der Waals surface area contributed by atoms with Gasteiger partial charge in [0.05, 0.1) is 6.42 Å². The van der Waals surface area contributed by atoms with Crippen molar-refractivity contribution in [1.82, 2.24) is 0 Å². The van der Waals surface area contributed by atoms with Crippen molar-refractivity contribution in [3.05, 3.63) is 58.6 Å². The minimum absolute atomic E-state index is 0.125. The summed E-state index contributed by atoms with van der Waals surface area (Å²) in [6.45, 7) is 3.34. The van der Waals surface area contributed by atoms with Crippen molar-refractivity contribution in [3.63, 3.8) is 0 Å². The van der Waals surface area contributed by atoms with Crippen LogP contribution >= 0.6 is 11.6 Å². The van der Waals surface area contributed by atoms with E-state index in [0.717, 1.165) is 11.1 Å². The lowest BCUT2D eigenvalue weighted by atomic mass is 10.1. The van der Waals surface area contributed by atoms with Crippen LogP contribution in [0.15, 0.2) is 42.5 Å². The van der Waals surface area contributed by atoms with Crippen LogP contribution < -0.4 is 10.6 Å². The lowest BCUT2D eigenvalue weighted by molar-refractivity contribution is -0.115. The van der Waals surface area contributed by atoms with Crippen molar-refractivity contribution >= 4 is 34.8 Å². The van der Waals surface area contributed by atoms with Gasteiger partial charge in [-0.1, -0.05) is 29.8 Å². The summed E-state index contributed by atoms with van der Waals surface area (Å²) in [6, 6.07) is 12.6. The number of amides is 2. The molecule has 5 heteroatoms. The molecule has 0 heterocycles. The quantitative estimate of drug-likeness (QED) is 0.901. The van der Waals surface area contributed by atoms with Crippen LogP contribution in [-0.4, -0.2) is 11.8 Å². The van der Waals surface area contributed by atoms with E-state index in [1.165, 1.54) is 6.92 Å². The van der Waals surface area contributed by atoms with Gasteiger partial charge in [-0.15, -0.1) is 0 Å². The molecule has 0 fully saturated rings. The van der Waals surface area contributed by atoms with Gasteiger partial charge < -0.3 is 10.6 Å². The Bertz CT molecular complexity index is 696. The van der Waals surface area contributed by atoms with Crippen molar-refractivity contribution in [2.24, 2.45) is 0 Å². The first-order valence-electron chi connectivity index (χ1n) is 6.86.